The first-order valence-electron chi connectivity index (χ1n) is 21.1. The Morgan fingerprint density at radius 2 is 0.667 bits per heavy atom. The fraction of sp³-hybridized carbons (Fsp3) is 0.0182. The number of nitrogens with zero attached hydrogens (tertiary/aromatic N) is 2. The number of aryl methyl sites for hydroxylation is 1. The Labute approximate surface area is 353 Å². The smallest absolute Gasteiger partial charge is 0.252 e. The molecule has 0 radical (unpaired) electrons. The van der Waals surface area contributed by atoms with Gasteiger partial charge in [0.2, 0.25) is 0 Å². The summed E-state index contributed by atoms with van der Waals surface area (Å²) < 4.78 is 0. The molecule has 5 heteroatoms. The molecule has 4 aliphatic rings. The van der Waals surface area contributed by atoms with E-state index in [4.69, 9.17) is 0 Å². The van der Waals surface area contributed by atoms with Crippen LogP contribution in [-0.2, 0) is 0 Å². The van der Waals surface area contributed by atoms with Gasteiger partial charge in [0.05, 0.1) is 0 Å². The van der Waals surface area contributed by atoms with E-state index in [1.165, 1.54) is 97.6 Å². The summed E-state index contributed by atoms with van der Waals surface area (Å²) in [5.74, 6) is 0. The van der Waals surface area contributed by atoms with Gasteiger partial charge in [0.25, 0.3) is 6.71 Å². The fourth-order valence-electron chi connectivity index (χ4n) is 11.9. The third kappa shape index (κ3) is 4.18. The van der Waals surface area contributed by atoms with Crippen molar-refractivity contribution in [3.63, 3.8) is 0 Å². The molecule has 0 aliphatic carbocycles. The molecular formula is C55H39BN2Si2. The summed E-state index contributed by atoms with van der Waals surface area (Å²) in [4.78, 5) is 5.33. The zero-order chi connectivity index (χ0) is 39.6. The van der Waals surface area contributed by atoms with Crippen molar-refractivity contribution in [2.75, 3.05) is 9.80 Å². The molecule has 2 nitrogen and oxygen atoms in total. The van der Waals surface area contributed by atoms with E-state index in [-0.39, 0.29) is 6.71 Å². The molecule has 9 aromatic carbocycles. The first-order chi connectivity index (χ1) is 29.7. The monoisotopic (exact) mass is 794 g/mol. The van der Waals surface area contributed by atoms with Gasteiger partial charge in [-0.05, 0) is 94.6 Å². The first-order valence-corrected chi connectivity index (χ1v) is 25.1. The molecule has 0 fully saturated rings. The summed E-state index contributed by atoms with van der Waals surface area (Å²) in [6.07, 6.45) is 0. The van der Waals surface area contributed by atoms with Gasteiger partial charge < -0.3 is 9.80 Å². The predicted octanol–water partition coefficient (Wildman–Crippen LogP) is 5.46. The molecule has 0 aromatic heterocycles. The van der Waals surface area contributed by atoms with Crippen LogP contribution in [0.2, 0.25) is 0 Å². The standard InChI is InChI=1S/C55H39BN2Si2/c1-38-36-47-53-48(37-38)58-46-31-15-17-33-50(46)60(41-24-10-4-11-25-41,42-26-12-5-13-27-42)52-35-19-29-44(55(52)58)56(53)43-28-18-34-51-54(43)57(47)45-30-14-16-32-49(45)59(51,39-20-6-2-7-21-39)40-22-8-3-9-23-40/h2-37H,1H3. The number of fused-ring (bicyclic) bond motifs is 8. The molecule has 60 heavy (non-hydrogen) atoms. The van der Waals surface area contributed by atoms with Crippen molar-refractivity contribution < 1.29 is 0 Å². The van der Waals surface area contributed by atoms with Crippen molar-refractivity contribution >= 4 is 115 Å². The minimum absolute atomic E-state index is 0.0417. The molecule has 13 rings (SSSR count). The normalized spacial score (nSPS) is 15.2. The molecule has 4 aliphatic heterocycles. The zero-order valence-corrected chi connectivity index (χ0v) is 35.3. The fourth-order valence-corrected chi connectivity index (χ4v) is 22.2. The second kappa shape index (κ2) is 12.5. The van der Waals surface area contributed by atoms with E-state index in [0.717, 1.165) is 0 Å². The summed E-state index contributed by atoms with van der Waals surface area (Å²) >= 11 is 0. The maximum absolute atomic E-state index is 2.82. The Hall–Kier alpha value is -6.92. The SMILES string of the molecule is Cc1cc2c3c(c1)N1c4ccccc4[Si](c4ccccc4)(c4ccccc4)c4cccc(c41)B3c1cccc3c1N2c1ccccc1[Si]3(c1ccccc1)c1ccccc1. The van der Waals surface area contributed by atoms with E-state index in [0.29, 0.717) is 0 Å². The van der Waals surface area contributed by atoms with Crippen LogP contribution in [-0.4, -0.2) is 22.9 Å². The maximum atomic E-state index is 2.66. The Balaban J connectivity index is 1.19. The Kier molecular flexibility index (Phi) is 7.11. The van der Waals surface area contributed by atoms with Gasteiger partial charge in [0.1, 0.15) is 0 Å². The number of hydrogen-bond acceptors (Lipinski definition) is 2. The quantitative estimate of drug-likeness (QED) is 0.219. The van der Waals surface area contributed by atoms with Crippen LogP contribution in [0.25, 0.3) is 0 Å². The molecule has 0 saturated heterocycles. The molecule has 0 N–H and O–H groups in total. The number of rotatable bonds is 4. The lowest BCUT2D eigenvalue weighted by atomic mass is 9.33. The number of benzene rings is 9. The van der Waals surface area contributed by atoms with Crippen molar-refractivity contribution in [3.8, 4) is 0 Å². The highest BCUT2D eigenvalue weighted by molar-refractivity contribution is 7.23. The van der Waals surface area contributed by atoms with Gasteiger partial charge in [-0.25, -0.2) is 0 Å². The van der Waals surface area contributed by atoms with Crippen molar-refractivity contribution in [1.82, 2.24) is 0 Å². The zero-order valence-electron chi connectivity index (χ0n) is 33.3. The summed E-state index contributed by atoms with van der Waals surface area (Å²) in [5.41, 5.74) is 13.3. The van der Waals surface area contributed by atoms with E-state index in [1.54, 1.807) is 0 Å². The molecule has 0 amide bonds. The van der Waals surface area contributed by atoms with Crippen LogP contribution in [0.1, 0.15) is 5.56 Å². The molecule has 9 aromatic rings. The van der Waals surface area contributed by atoms with Crippen LogP contribution in [0.4, 0.5) is 34.1 Å². The highest BCUT2D eigenvalue weighted by atomic mass is 28.3. The molecular weight excluding hydrogens is 756 g/mol. The molecule has 280 valence electrons. The van der Waals surface area contributed by atoms with Crippen molar-refractivity contribution in [2.24, 2.45) is 0 Å². The lowest BCUT2D eigenvalue weighted by Gasteiger charge is -2.53. The number of hydrogen-bond donors (Lipinski definition) is 0. The van der Waals surface area contributed by atoms with Gasteiger partial charge in [0.15, 0.2) is 16.1 Å². The Bertz CT molecular complexity index is 2900. The third-order valence-electron chi connectivity index (χ3n) is 14.0. The molecule has 0 atom stereocenters. The Morgan fingerprint density at radius 1 is 0.333 bits per heavy atom. The summed E-state index contributed by atoms with van der Waals surface area (Å²) in [5, 5.41) is 11.4. The van der Waals surface area contributed by atoms with Crippen LogP contribution < -0.4 is 67.7 Å². The van der Waals surface area contributed by atoms with Gasteiger partial charge in [-0.1, -0.05) is 194 Å². The van der Waals surface area contributed by atoms with E-state index in [9.17, 15) is 0 Å². The second-order valence-electron chi connectivity index (χ2n) is 16.8. The van der Waals surface area contributed by atoms with Crippen LogP contribution in [0.15, 0.2) is 218 Å². The van der Waals surface area contributed by atoms with Crippen LogP contribution in [0.5, 0.6) is 0 Å². The van der Waals surface area contributed by atoms with E-state index >= 15 is 0 Å². The van der Waals surface area contributed by atoms with Crippen molar-refractivity contribution in [3.05, 3.63) is 224 Å². The lowest BCUT2D eigenvalue weighted by molar-refractivity contribution is 1.24. The molecule has 0 bridgehead atoms. The minimum Gasteiger partial charge on any atom is -0.312 e. The largest absolute Gasteiger partial charge is 0.312 e. The number of anilines is 6. The van der Waals surface area contributed by atoms with Crippen LogP contribution >= 0.6 is 0 Å². The lowest BCUT2D eigenvalue weighted by Crippen LogP contribution is -2.80. The molecule has 0 saturated carbocycles. The molecule has 4 heterocycles. The van der Waals surface area contributed by atoms with E-state index < -0.39 is 16.1 Å². The average molecular weight is 795 g/mol. The third-order valence-corrected chi connectivity index (χ3v) is 23.7. The van der Waals surface area contributed by atoms with Gasteiger partial charge in [-0.3, -0.25) is 0 Å². The van der Waals surface area contributed by atoms with Gasteiger partial charge >= 0.3 is 0 Å². The highest BCUT2D eigenvalue weighted by Crippen LogP contribution is 2.46. The minimum atomic E-state index is -2.82. The first kappa shape index (κ1) is 34.0. The molecule has 0 spiro atoms. The van der Waals surface area contributed by atoms with Crippen molar-refractivity contribution in [2.45, 2.75) is 6.92 Å². The van der Waals surface area contributed by atoms with E-state index in [1.807, 2.05) is 0 Å². The number of para-hydroxylation sites is 4. The van der Waals surface area contributed by atoms with E-state index in [2.05, 4.69) is 235 Å². The van der Waals surface area contributed by atoms with Crippen molar-refractivity contribution in [1.29, 1.82) is 0 Å². The van der Waals surface area contributed by atoms with Crippen LogP contribution in [0.3, 0.4) is 0 Å². The summed E-state index contributed by atoms with van der Waals surface area (Å²) in [6, 6.07) is 83.9. The predicted molar refractivity (Wildman–Crippen MR) is 260 cm³/mol. The summed E-state index contributed by atoms with van der Waals surface area (Å²) in [7, 11) is -5.64. The Morgan fingerprint density at radius 3 is 1.05 bits per heavy atom. The van der Waals surface area contributed by atoms with Gasteiger partial charge in [-0.2, -0.15) is 0 Å². The van der Waals surface area contributed by atoms with Crippen LogP contribution in [0, 0.1) is 6.92 Å². The summed E-state index contributed by atoms with van der Waals surface area (Å²) in [6.45, 7) is 2.33. The molecule has 0 unspecified atom stereocenters. The average Bonchev–Trinajstić information content (AvgIpc) is 3.32. The second-order valence-corrected chi connectivity index (χ2v) is 24.3. The maximum Gasteiger partial charge on any atom is 0.252 e. The van der Waals surface area contributed by atoms with Gasteiger partial charge in [-0.15, -0.1) is 0 Å². The topological polar surface area (TPSA) is 6.48 Å². The highest BCUT2D eigenvalue weighted by Gasteiger charge is 2.56. The van der Waals surface area contributed by atoms with Gasteiger partial charge in [0, 0.05) is 34.1 Å².